The third-order valence-corrected chi connectivity index (χ3v) is 4.14. The topological polar surface area (TPSA) is 61.4 Å². The highest BCUT2D eigenvalue weighted by Crippen LogP contribution is 2.40. The third-order valence-electron chi connectivity index (χ3n) is 4.14. The second-order valence-corrected chi connectivity index (χ2v) is 6.01. The molecule has 0 radical (unpaired) electrons. The van der Waals surface area contributed by atoms with E-state index in [1.165, 1.54) is 0 Å². The Morgan fingerprint density at radius 3 is 2.61 bits per heavy atom. The van der Waals surface area contributed by atoms with Gasteiger partial charge < -0.3 is 15.7 Å². The van der Waals surface area contributed by atoms with Crippen LogP contribution in [0.15, 0.2) is 0 Å². The molecule has 0 aromatic rings. The standard InChI is InChI=1S/C14H28N2O2/c1-5-6-7-8-15-13(18)10(2)16-11-9-12(17)14(11,3)4/h10-12,16-17H,5-9H2,1-4H3,(H,15,18). The Kier molecular flexibility index (Phi) is 5.60. The molecule has 1 saturated carbocycles. The van der Waals surface area contributed by atoms with Gasteiger partial charge in [0, 0.05) is 18.0 Å². The Morgan fingerprint density at radius 2 is 2.11 bits per heavy atom. The zero-order chi connectivity index (χ0) is 13.8. The highest BCUT2D eigenvalue weighted by molar-refractivity contribution is 5.81. The molecule has 1 aliphatic carbocycles. The minimum atomic E-state index is -0.255. The number of carbonyl (C=O) groups excluding carboxylic acids is 1. The fourth-order valence-electron chi connectivity index (χ4n) is 2.30. The van der Waals surface area contributed by atoms with Gasteiger partial charge in [-0.25, -0.2) is 0 Å². The van der Waals surface area contributed by atoms with Crippen molar-refractivity contribution in [3.05, 3.63) is 0 Å². The molecule has 18 heavy (non-hydrogen) atoms. The first-order valence-corrected chi connectivity index (χ1v) is 7.11. The van der Waals surface area contributed by atoms with Gasteiger partial charge in [-0.15, -0.1) is 0 Å². The normalized spacial score (nSPS) is 27.4. The van der Waals surface area contributed by atoms with Gasteiger partial charge in [-0.2, -0.15) is 0 Å². The van der Waals surface area contributed by atoms with E-state index in [1.807, 2.05) is 20.8 Å². The number of nitrogens with one attached hydrogen (secondary N) is 2. The van der Waals surface area contributed by atoms with E-state index >= 15 is 0 Å². The van der Waals surface area contributed by atoms with Crippen LogP contribution in [0.4, 0.5) is 0 Å². The van der Waals surface area contributed by atoms with Crippen LogP contribution in [0.3, 0.4) is 0 Å². The first-order valence-electron chi connectivity index (χ1n) is 7.11. The van der Waals surface area contributed by atoms with Crippen molar-refractivity contribution in [2.75, 3.05) is 6.54 Å². The summed E-state index contributed by atoms with van der Waals surface area (Å²) in [5, 5.41) is 15.9. The predicted octanol–water partition coefficient (Wildman–Crippen LogP) is 1.43. The van der Waals surface area contributed by atoms with Gasteiger partial charge in [-0.05, 0) is 19.8 Å². The summed E-state index contributed by atoms with van der Waals surface area (Å²) in [6.07, 6.45) is 3.85. The summed E-state index contributed by atoms with van der Waals surface area (Å²) in [5.41, 5.74) is -0.128. The monoisotopic (exact) mass is 256 g/mol. The zero-order valence-corrected chi connectivity index (χ0v) is 12.1. The number of rotatable bonds is 7. The van der Waals surface area contributed by atoms with E-state index in [1.54, 1.807) is 0 Å². The van der Waals surface area contributed by atoms with Crippen LogP contribution in [0.1, 0.15) is 53.4 Å². The Balaban J connectivity index is 2.24. The molecule has 1 fully saturated rings. The lowest BCUT2D eigenvalue weighted by Crippen LogP contribution is -2.63. The van der Waals surface area contributed by atoms with Gasteiger partial charge >= 0.3 is 0 Å². The van der Waals surface area contributed by atoms with Crippen molar-refractivity contribution in [3.63, 3.8) is 0 Å². The van der Waals surface area contributed by atoms with Crippen LogP contribution < -0.4 is 10.6 Å². The minimum absolute atomic E-state index is 0.0586. The van der Waals surface area contributed by atoms with Crippen molar-refractivity contribution in [2.24, 2.45) is 5.41 Å². The third kappa shape index (κ3) is 3.69. The van der Waals surface area contributed by atoms with Crippen molar-refractivity contribution >= 4 is 5.91 Å². The average Bonchev–Trinajstić information content (AvgIpc) is 2.33. The lowest BCUT2D eigenvalue weighted by molar-refractivity contribution is -0.125. The summed E-state index contributed by atoms with van der Waals surface area (Å²) in [6.45, 7) is 8.86. The van der Waals surface area contributed by atoms with Gasteiger partial charge in [0.25, 0.3) is 0 Å². The second kappa shape index (κ2) is 6.53. The van der Waals surface area contributed by atoms with Crippen LogP contribution in [0.2, 0.25) is 0 Å². The van der Waals surface area contributed by atoms with Crippen LogP contribution in [-0.4, -0.2) is 35.7 Å². The maximum Gasteiger partial charge on any atom is 0.236 e. The van der Waals surface area contributed by atoms with Crippen molar-refractivity contribution in [3.8, 4) is 0 Å². The van der Waals surface area contributed by atoms with Crippen LogP contribution in [0.25, 0.3) is 0 Å². The van der Waals surface area contributed by atoms with Crippen molar-refractivity contribution in [1.29, 1.82) is 0 Å². The summed E-state index contributed by atoms with van der Waals surface area (Å²) >= 11 is 0. The summed E-state index contributed by atoms with van der Waals surface area (Å²) in [4.78, 5) is 11.8. The maximum atomic E-state index is 11.8. The van der Waals surface area contributed by atoms with Crippen molar-refractivity contribution in [2.45, 2.75) is 71.6 Å². The van der Waals surface area contributed by atoms with E-state index in [0.29, 0.717) is 0 Å². The number of hydrogen-bond donors (Lipinski definition) is 3. The highest BCUT2D eigenvalue weighted by Gasteiger charge is 2.47. The number of carbonyl (C=O) groups is 1. The molecular weight excluding hydrogens is 228 g/mol. The average molecular weight is 256 g/mol. The van der Waals surface area contributed by atoms with E-state index < -0.39 is 0 Å². The quantitative estimate of drug-likeness (QED) is 0.604. The molecule has 0 aromatic carbocycles. The van der Waals surface area contributed by atoms with Gasteiger partial charge in [0.15, 0.2) is 0 Å². The Labute approximate surface area is 111 Å². The largest absolute Gasteiger partial charge is 0.392 e. The molecular formula is C14H28N2O2. The molecule has 106 valence electrons. The Morgan fingerprint density at radius 1 is 1.44 bits per heavy atom. The van der Waals surface area contributed by atoms with E-state index in [9.17, 15) is 9.90 Å². The molecule has 3 atom stereocenters. The highest BCUT2D eigenvalue weighted by atomic mass is 16.3. The minimum Gasteiger partial charge on any atom is -0.392 e. The fraction of sp³-hybridized carbons (Fsp3) is 0.929. The van der Waals surface area contributed by atoms with E-state index in [4.69, 9.17) is 0 Å². The molecule has 0 saturated heterocycles. The summed E-state index contributed by atoms with van der Waals surface area (Å²) in [7, 11) is 0. The van der Waals surface area contributed by atoms with E-state index in [2.05, 4.69) is 17.6 Å². The SMILES string of the molecule is CCCCCNC(=O)C(C)NC1CC(O)C1(C)C. The fourth-order valence-corrected chi connectivity index (χ4v) is 2.30. The molecule has 0 aliphatic heterocycles. The number of amides is 1. The second-order valence-electron chi connectivity index (χ2n) is 6.01. The Bertz CT molecular complexity index is 279. The molecule has 4 heteroatoms. The molecule has 0 spiro atoms. The van der Waals surface area contributed by atoms with Crippen LogP contribution in [-0.2, 0) is 4.79 Å². The Hall–Kier alpha value is -0.610. The number of unbranched alkanes of at least 4 members (excludes halogenated alkanes) is 2. The molecule has 3 unspecified atom stereocenters. The zero-order valence-electron chi connectivity index (χ0n) is 12.1. The lowest BCUT2D eigenvalue weighted by Gasteiger charge is -2.50. The van der Waals surface area contributed by atoms with E-state index in [0.717, 1.165) is 32.2 Å². The van der Waals surface area contributed by atoms with E-state index in [-0.39, 0.29) is 29.5 Å². The van der Waals surface area contributed by atoms with Crippen LogP contribution in [0, 0.1) is 5.41 Å². The predicted molar refractivity (Wildman–Crippen MR) is 73.3 cm³/mol. The number of hydrogen-bond acceptors (Lipinski definition) is 3. The molecule has 0 heterocycles. The van der Waals surface area contributed by atoms with Gasteiger partial charge in [0.2, 0.25) is 5.91 Å². The van der Waals surface area contributed by atoms with Crippen molar-refractivity contribution in [1.82, 2.24) is 10.6 Å². The molecule has 1 rings (SSSR count). The van der Waals surface area contributed by atoms with Gasteiger partial charge in [-0.1, -0.05) is 33.6 Å². The maximum absolute atomic E-state index is 11.8. The molecule has 0 aromatic heterocycles. The first kappa shape index (κ1) is 15.4. The first-order chi connectivity index (χ1) is 8.39. The smallest absolute Gasteiger partial charge is 0.236 e. The summed E-state index contributed by atoms with van der Waals surface area (Å²) in [6, 6.07) is 0.0345. The molecule has 3 N–H and O–H groups in total. The number of aliphatic hydroxyl groups is 1. The lowest BCUT2D eigenvalue weighted by atomic mass is 9.64. The summed E-state index contributed by atoms with van der Waals surface area (Å²) < 4.78 is 0. The van der Waals surface area contributed by atoms with Gasteiger partial charge in [0.1, 0.15) is 0 Å². The number of aliphatic hydroxyl groups excluding tert-OH is 1. The molecule has 1 amide bonds. The summed E-state index contributed by atoms with van der Waals surface area (Å²) in [5.74, 6) is 0.0586. The molecule has 1 aliphatic rings. The van der Waals surface area contributed by atoms with Gasteiger partial charge in [0.05, 0.1) is 12.1 Å². The molecule has 0 bridgehead atoms. The van der Waals surface area contributed by atoms with Crippen molar-refractivity contribution < 1.29 is 9.90 Å². The van der Waals surface area contributed by atoms with Crippen LogP contribution >= 0.6 is 0 Å². The molecule has 4 nitrogen and oxygen atoms in total. The van der Waals surface area contributed by atoms with Gasteiger partial charge in [-0.3, -0.25) is 4.79 Å². The van der Waals surface area contributed by atoms with Crippen LogP contribution in [0.5, 0.6) is 0 Å².